The van der Waals surface area contributed by atoms with Crippen LogP contribution >= 0.6 is 0 Å². The molecule has 7 heteroatoms. The van der Waals surface area contributed by atoms with Gasteiger partial charge < -0.3 is 25.2 Å². The zero-order chi connectivity index (χ0) is 19.5. The van der Waals surface area contributed by atoms with Crippen LogP contribution in [0.1, 0.15) is 55.0 Å². The minimum atomic E-state index is -2.00. The average Bonchev–Trinajstić information content (AvgIpc) is 2.64. The van der Waals surface area contributed by atoms with Crippen molar-refractivity contribution in [2.45, 2.75) is 31.7 Å². The fourth-order valence-corrected chi connectivity index (χ4v) is 4.11. The first-order valence-electron chi connectivity index (χ1n) is 8.52. The molecule has 27 heavy (non-hydrogen) atoms. The van der Waals surface area contributed by atoms with E-state index in [2.05, 4.69) is 0 Å². The second-order valence-electron chi connectivity index (χ2n) is 6.89. The predicted octanol–water partition coefficient (Wildman–Crippen LogP) is 0.838. The number of ether oxygens (including phenoxy) is 1. The Morgan fingerprint density at radius 2 is 1.81 bits per heavy atom. The molecule has 0 aliphatic heterocycles. The third-order valence-electron chi connectivity index (χ3n) is 5.37. The summed E-state index contributed by atoms with van der Waals surface area (Å²) in [5, 5.41) is 40.7. The Kier molecular flexibility index (Phi) is 3.85. The molecule has 0 spiro atoms. The van der Waals surface area contributed by atoms with Gasteiger partial charge >= 0.3 is 0 Å². The predicted molar refractivity (Wildman–Crippen MR) is 93.1 cm³/mol. The molecule has 0 radical (unpaired) electrons. The molecular formula is C20H18O7. The highest BCUT2D eigenvalue weighted by Gasteiger charge is 2.41. The first kappa shape index (κ1) is 17.7. The molecule has 0 bridgehead atoms. The van der Waals surface area contributed by atoms with Gasteiger partial charge in [-0.1, -0.05) is 12.1 Å². The number of ketones is 2. The van der Waals surface area contributed by atoms with E-state index in [-0.39, 0.29) is 58.6 Å². The zero-order valence-electron chi connectivity index (χ0n) is 14.6. The van der Waals surface area contributed by atoms with Gasteiger partial charge in [-0.05, 0) is 29.2 Å². The van der Waals surface area contributed by atoms with E-state index >= 15 is 0 Å². The third-order valence-corrected chi connectivity index (χ3v) is 5.37. The number of phenolic OH excluding ortho intramolecular Hbond substituents is 1. The smallest absolute Gasteiger partial charge is 0.201 e. The number of hydrogen-bond donors (Lipinski definition) is 4. The number of carbonyl (C=O) groups is 2. The van der Waals surface area contributed by atoms with Crippen molar-refractivity contribution in [3.63, 3.8) is 0 Å². The lowest BCUT2D eigenvalue weighted by molar-refractivity contribution is -0.167. The summed E-state index contributed by atoms with van der Waals surface area (Å²) in [4.78, 5) is 26.3. The van der Waals surface area contributed by atoms with Crippen molar-refractivity contribution in [2.24, 2.45) is 0 Å². The van der Waals surface area contributed by atoms with Crippen LogP contribution in [-0.4, -0.2) is 44.9 Å². The summed E-state index contributed by atoms with van der Waals surface area (Å²) >= 11 is 0. The lowest BCUT2D eigenvalue weighted by atomic mass is 9.74. The van der Waals surface area contributed by atoms with E-state index in [4.69, 9.17) is 4.74 Å². The standard InChI is InChI=1S/C20H18O7/c1-27-13-4-2-3-10-14(13)19(24)16-15(18(10)23)12(8-21)11-7-20(25,26)6-5-9(11)17(16)22/h2-4,21-22,25-26H,5-8H2,1H3. The SMILES string of the molecule is COc1cccc2c1C(=O)c1c(O)c3c(c(CO)c1C2=O)CC(O)(O)CC3. The quantitative estimate of drug-likeness (QED) is 0.493. The number of aromatic hydroxyl groups is 1. The molecule has 2 aromatic carbocycles. The summed E-state index contributed by atoms with van der Waals surface area (Å²) in [6, 6.07) is 4.63. The Balaban J connectivity index is 2.06. The van der Waals surface area contributed by atoms with Crippen LogP contribution in [0.4, 0.5) is 0 Å². The molecule has 0 aromatic heterocycles. The van der Waals surface area contributed by atoms with Gasteiger partial charge in [-0.3, -0.25) is 9.59 Å². The van der Waals surface area contributed by atoms with Crippen molar-refractivity contribution in [1.29, 1.82) is 0 Å². The Hall–Kier alpha value is -2.74. The minimum Gasteiger partial charge on any atom is -0.507 e. The molecule has 4 N–H and O–H groups in total. The summed E-state index contributed by atoms with van der Waals surface area (Å²) in [5.41, 5.74) is 0.757. The van der Waals surface area contributed by atoms with Crippen molar-refractivity contribution in [2.75, 3.05) is 7.11 Å². The summed E-state index contributed by atoms with van der Waals surface area (Å²) in [5.74, 6) is -3.20. The fraction of sp³-hybridized carbons (Fsp3) is 0.300. The molecule has 140 valence electrons. The highest BCUT2D eigenvalue weighted by Crippen LogP contribution is 2.45. The minimum absolute atomic E-state index is 0.0285. The molecule has 7 nitrogen and oxygen atoms in total. The molecule has 0 saturated heterocycles. The molecule has 2 aromatic rings. The Morgan fingerprint density at radius 1 is 1.07 bits per heavy atom. The average molecular weight is 370 g/mol. The highest BCUT2D eigenvalue weighted by molar-refractivity contribution is 6.31. The number of phenols is 1. The molecule has 0 atom stereocenters. The number of aliphatic hydroxyl groups is 3. The van der Waals surface area contributed by atoms with Gasteiger partial charge in [0.1, 0.15) is 11.5 Å². The Morgan fingerprint density at radius 3 is 2.48 bits per heavy atom. The van der Waals surface area contributed by atoms with Crippen LogP contribution in [0.15, 0.2) is 18.2 Å². The van der Waals surface area contributed by atoms with Crippen LogP contribution in [-0.2, 0) is 19.4 Å². The first-order chi connectivity index (χ1) is 12.8. The molecule has 0 fully saturated rings. The van der Waals surface area contributed by atoms with Gasteiger partial charge in [0.25, 0.3) is 0 Å². The van der Waals surface area contributed by atoms with Crippen LogP contribution in [0.3, 0.4) is 0 Å². The van der Waals surface area contributed by atoms with Crippen LogP contribution in [0.5, 0.6) is 11.5 Å². The number of carbonyl (C=O) groups excluding carboxylic acids is 2. The van der Waals surface area contributed by atoms with Crippen molar-refractivity contribution in [1.82, 2.24) is 0 Å². The summed E-state index contributed by atoms with van der Waals surface area (Å²) < 4.78 is 5.21. The van der Waals surface area contributed by atoms with Crippen molar-refractivity contribution >= 4 is 11.6 Å². The maximum atomic E-state index is 13.2. The Labute approximate surface area is 154 Å². The van der Waals surface area contributed by atoms with Gasteiger partial charge in [-0.15, -0.1) is 0 Å². The fourth-order valence-electron chi connectivity index (χ4n) is 4.11. The first-order valence-corrected chi connectivity index (χ1v) is 8.52. The molecule has 0 heterocycles. The molecule has 0 amide bonds. The van der Waals surface area contributed by atoms with Crippen molar-refractivity contribution < 1.29 is 34.8 Å². The largest absolute Gasteiger partial charge is 0.507 e. The van der Waals surface area contributed by atoms with Crippen LogP contribution in [0, 0.1) is 0 Å². The summed E-state index contributed by atoms with van der Waals surface area (Å²) in [6.07, 6.45) is -0.167. The van der Waals surface area contributed by atoms with Crippen molar-refractivity contribution in [3.05, 3.63) is 57.1 Å². The van der Waals surface area contributed by atoms with E-state index in [9.17, 15) is 30.0 Å². The van der Waals surface area contributed by atoms with E-state index in [1.54, 1.807) is 12.1 Å². The third kappa shape index (κ3) is 2.39. The molecule has 0 saturated carbocycles. The summed E-state index contributed by atoms with van der Waals surface area (Å²) in [7, 11) is 1.39. The van der Waals surface area contributed by atoms with E-state index in [0.29, 0.717) is 11.1 Å². The molecule has 4 rings (SSSR count). The van der Waals surface area contributed by atoms with Gasteiger partial charge in [-0.2, -0.15) is 0 Å². The number of aliphatic hydroxyl groups excluding tert-OH is 1. The number of hydrogen-bond acceptors (Lipinski definition) is 7. The highest BCUT2D eigenvalue weighted by atomic mass is 16.5. The second-order valence-corrected chi connectivity index (χ2v) is 6.89. The topological polar surface area (TPSA) is 124 Å². The number of fused-ring (bicyclic) bond motifs is 3. The van der Waals surface area contributed by atoms with Gasteiger partial charge in [0, 0.05) is 24.0 Å². The second kappa shape index (κ2) is 5.88. The van der Waals surface area contributed by atoms with Gasteiger partial charge in [0.15, 0.2) is 11.6 Å². The normalized spacial score (nSPS) is 17.2. The maximum Gasteiger partial charge on any atom is 0.201 e. The van der Waals surface area contributed by atoms with Gasteiger partial charge in [0.05, 0.1) is 24.8 Å². The van der Waals surface area contributed by atoms with E-state index < -0.39 is 24.0 Å². The molecular weight excluding hydrogens is 352 g/mol. The number of rotatable bonds is 2. The molecule has 2 aliphatic rings. The number of methoxy groups -OCH3 is 1. The van der Waals surface area contributed by atoms with E-state index in [1.165, 1.54) is 13.2 Å². The van der Waals surface area contributed by atoms with Gasteiger partial charge in [0.2, 0.25) is 5.78 Å². The van der Waals surface area contributed by atoms with E-state index in [1.807, 2.05) is 0 Å². The molecule has 0 unspecified atom stereocenters. The van der Waals surface area contributed by atoms with Crippen LogP contribution < -0.4 is 4.74 Å². The maximum absolute atomic E-state index is 13.2. The molecule has 2 aliphatic carbocycles. The van der Waals surface area contributed by atoms with Crippen LogP contribution in [0.25, 0.3) is 0 Å². The number of benzene rings is 2. The monoisotopic (exact) mass is 370 g/mol. The van der Waals surface area contributed by atoms with Gasteiger partial charge in [-0.25, -0.2) is 0 Å². The van der Waals surface area contributed by atoms with Crippen molar-refractivity contribution in [3.8, 4) is 11.5 Å². The Bertz CT molecular complexity index is 1000. The zero-order valence-corrected chi connectivity index (χ0v) is 14.6. The lowest BCUT2D eigenvalue weighted by Gasteiger charge is -2.33. The lowest BCUT2D eigenvalue weighted by Crippen LogP contribution is -2.37. The van der Waals surface area contributed by atoms with Crippen LogP contribution in [0.2, 0.25) is 0 Å². The van der Waals surface area contributed by atoms with E-state index in [0.717, 1.165) is 0 Å². The summed E-state index contributed by atoms with van der Waals surface area (Å²) in [6.45, 7) is -0.570.